The second-order valence-corrected chi connectivity index (χ2v) is 5.62. The van der Waals surface area contributed by atoms with Crippen molar-refractivity contribution in [1.82, 2.24) is 4.98 Å². The van der Waals surface area contributed by atoms with Crippen LogP contribution < -0.4 is 10.1 Å². The molecule has 1 aromatic heterocycles. The average molecular weight is 332 g/mol. The van der Waals surface area contributed by atoms with Crippen molar-refractivity contribution in [2.45, 2.75) is 6.61 Å². The standard InChI is InChI=1S/C15H13N2O3PS/c18-15(20-21)17-12-5-1-4-11-10(12)3-2-6-13(11)19-9-14-16-7-8-22-14/h1-8H,9,21H2,(H,17,18). The summed E-state index contributed by atoms with van der Waals surface area (Å²) in [5.41, 5.74) is 0.671. The van der Waals surface area contributed by atoms with Crippen LogP contribution in [0.15, 0.2) is 48.0 Å². The van der Waals surface area contributed by atoms with Crippen LogP contribution in [0.4, 0.5) is 10.5 Å². The van der Waals surface area contributed by atoms with Crippen LogP contribution in [0.5, 0.6) is 5.75 Å². The molecule has 0 spiro atoms. The van der Waals surface area contributed by atoms with E-state index >= 15 is 0 Å². The fraction of sp³-hybridized carbons (Fsp3) is 0.0667. The Bertz CT molecular complexity index is 793. The van der Waals surface area contributed by atoms with E-state index in [2.05, 4.69) is 14.8 Å². The minimum atomic E-state index is -0.536. The van der Waals surface area contributed by atoms with E-state index in [0.29, 0.717) is 12.3 Å². The number of hydrogen-bond acceptors (Lipinski definition) is 5. The first-order valence-electron chi connectivity index (χ1n) is 6.48. The summed E-state index contributed by atoms with van der Waals surface area (Å²) in [7, 11) is 1.92. The summed E-state index contributed by atoms with van der Waals surface area (Å²) in [6.07, 6.45) is 1.22. The molecule has 0 aliphatic heterocycles. The first kappa shape index (κ1) is 14.8. The van der Waals surface area contributed by atoms with Gasteiger partial charge in [-0.05, 0) is 12.1 Å². The normalized spacial score (nSPS) is 10.4. The predicted molar refractivity (Wildman–Crippen MR) is 90.2 cm³/mol. The number of ether oxygens (including phenoxy) is 1. The molecule has 7 heteroatoms. The minimum Gasteiger partial charge on any atom is -0.486 e. The molecule has 1 unspecified atom stereocenters. The van der Waals surface area contributed by atoms with Gasteiger partial charge in [0.15, 0.2) is 0 Å². The first-order valence-corrected chi connectivity index (χ1v) is 7.83. The summed E-state index contributed by atoms with van der Waals surface area (Å²) in [6, 6.07) is 11.3. The van der Waals surface area contributed by atoms with Gasteiger partial charge in [0.25, 0.3) is 0 Å². The van der Waals surface area contributed by atoms with Crippen LogP contribution in [-0.2, 0) is 11.1 Å². The Kier molecular flexibility index (Phi) is 4.51. The number of nitrogens with zero attached hydrogens (tertiary/aromatic N) is 1. The van der Waals surface area contributed by atoms with E-state index in [-0.39, 0.29) is 0 Å². The average Bonchev–Trinajstić information content (AvgIpc) is 3.06. The van der Waals surface area contributed by atoms with Gasteiger partial charge in [-0.3, -0.25) is 5.32 Å². The minimum absolute atomic E-state index is 0.419. The smallest absolute Gasteiger partial charge is 0.413 e. The number of amides is 1. The lowest BCUT2D eigenvalue weighted by molar-refractivity contribution is 0.222. The molecule has 1 heterocycles. The number of fused-ring (bicyclic) bond motifs is 1. The molecule has 112 valence electrons. The van der Waals surface area contributed by atoms with Gasteiger partial charge in [-0.15, -0.1) is 11.3 Å². The highest BCUT2D eigenvalue weighted by molar-refractivity contribution is 7.10. The third-order valence-electron chi connectivity index (χ3n) is 3.06. The van der Waals surface area contributed by atoms with E-state index in [9.17, 15) is 4.79 Å². The molecule has 2 aromatic carbocycles. The van der Waals surface area contributed by atoms with Crippen molar-refractivity contribution in [2.75, 3.05) is 5.32 Å². The van der Waals surface area contributed by atoms with Gasteiger partial charge in [-0.2, -0.15) is 0 Å². The van der Waals surface area contributed by atoms with Crippen LogP contribution >= 0.6 is 20.8 Å². The molecule has 0 aliphatic rings. The second-order valence-electron chi connectivity index (χ2n) is 4.40. The summed E-state index contributed by atoms with van der Waals surface area (Å²) in [6.45, 7) is 0.419. The summed E-state index contributed by atoms with van der Waals surface area (Å²) >= 11 is 1.55. The SMILES string of the molecule is O=C(Nc1cccc2c(OCc3nccs3)cccc12)OP. The predicted octanol–water partition coefficient (Wildman–Crippen LogP) is 4.21. The van der Waals surface area contributed by atoms with E-state index in [4.69, 9.17) is 4.74 Å². The van der Waals surface area contributed by atoms with Gasteiger partial charge >= 0.3 is 6.09 Å². The Balaban J connectivity index is 1.91. The monoisotopic (exact) mass is 332 g/mol. The molecule has 3 rings (SSSR count). The van der Waals surface area contributed by atoms with E-state index in [1.165, 1.54) is 0 Å². The Morgan fingerprint density at radius 2 is 2.05 bits per heavy atom. The summed E-state index contributed by atoms with van der Waals surface area (Å²) in [5, 5.41) is 7.31. The molecule has 0 fully saturated rings. The van der Waals surface area contributed by atoms with Crippen molar-refractivity contribution in [3.05, 3.63) is 53.0 Å². The molecule has 0 aliphatic carbocycles. The van der Waals surface area contributed by atoms with Gasteiger partial charge in [-0.1, -0.05) is 24.3 Å². The highest BCUT2D eigenvalue weighted by atomic mass is 32.1. The number of rotatable bonds is 4. The Hall–Kier alpha value is -2.17. The first-order chi connectivity index (χ1) is 10.8. The molecule has 1 atom stereocenters. The molecule has 0 bridgehead atoms. The molecule has 0 saturated heterocycles. The van der Waals surface area contributed by atoms with Gasteiger partial charge in [0.1, 0.15) is 17.4 Å². The molecule has 5 nitrogen and oxygen atoms in total. The molecule has 22 heavy (non-hydrogen) atoms. The zero-order valence-electron chi connectivity index (χ0n) is 11.5. The molecule has 1 amide bonds. The maximum absolute atomic E-state index is 11.4. The van der Waals surface area contributed by atoms with E-state index < -0.39 is 6.09 Å². The molecule has 0 radical (unpaired) electrons. The lowest BCUT2D eigenvalue weighted by atomic mass is 10.1. The number of anilines is 1. The third-order valence-corrected chi connectivity index (χ3v) is 4.03. The van der Waals surface area contributed by atoms with E-state index in [0.717, 1.165) is 21.5 Å². The summed E-state index contributed by atoms with van der Waals surface area (Å²) in [5.74, 6) is 0.746. The van der Waals surface area contributed by atoms with Crippen molar-refractivity contribution in [1.29, 1.82) is 0 Å². The Morgan fingerprint density at radius 3 is 2.82 bits per heavy atom. The van der Waals surface area contributed by atoms with Crippen molar-refractivity contribution >= 4 is 43.4 Å². The maximum Gasteiger partial charge on any atom is 0.413 e. The fourth-order valence-electron chi connectivity index (χ4n) is 2.12. The lowest BCUT2D eigenvalue weighted by Crippen LogP contribution is -2.08. The van der Waals surface area contributed by atoms with Crippen LogP contribution in [-0.4, -0.2) is 11.1 Å². The van der Waals surface area contributed by atoms with Crippen LogP contribution in [0.2, 0.25) is 0 Å². The molecule has 1 N–H and O–H groups in total. The number of thiazole rings is 1. The molecule has 3 aromatic rings. The van der Waals surface area contributed by atoms with E-state index in [1.54, 1.807) is 17.5 Å². The number of carbonyl (C=O) groups is 1. The summed E-state index contributed by atoms with van der Waals surface area (Å²) < 4.78 is 10.4. The maximum atomic E-state index is 11.4. The van der Waals surface area contributed by atoms with Crippen molar-refractivity contribution in [3.63, 3.8) is 0 Å². The number of benzene rings is 2. The molecular weight excluding hydrogens is 319 g/mol. The Labute approximate surface area is 133 Å². The largest absolute Gasteiger partial charge is 0.486 e. The highest BCUT2D eigenvalue weighted by Crippen LogP contribution is 2.31. The number of nitrogens with one attached hydrogen (secondary N) is 1. The Morgan fingerprint density at radius 1 is 1.23 bits per heavy atom. The van der Waals surface area contributed by atoms with Crippen molar-refractivity contribution in [3.8, 4) is 5.75 Å². The van der Waals surface area contributed by atoms with Crippen LogP contribution in [0.3, 0.4) is 0 Å². The van der Waals surface area contributed by atoms with Gasteiger partial charge in [-0.25, -0.2) is 9.78 Å². The fourth-order valence-corrected chi connectivity index (χ4v) is 2.71. The third kappa shape index (κ3) is 3.18. The quantitative estimate of drug-likeness (QED) is 0.727. The second kappa shape index (κ2) is 6.73. The van der Waals surface area contributed by atoms with Gasteiger partial charge in [0.05, 0.1) is 15.2 Å². The highest BCUT2D eigenvalue weighted by Gasteiger charge is 2.09. The van der Waals surface area contributed by atoms with Gasteiger partial charge in [0, 0.05) is 22.3 Å². The summed E-state index contributed by atoms with van der Waals surface area (Å²) in [4.78, 5) is 15.6. The van der Waals surface area contributed by atoms with Crippen LogP contribution in [0, 0.1) is 0 Å². The van der Waals surface area contributed by atoms with Crippen molar-refractivity contribution in [2.24, 2.45) is 0 Å². The van der Waals surface area contributed by atoms with E-state index in [1.807, 2.05) is 51.2 Å². The lowest BCUT2D eigenvalue weighted by Gasteiger charge is -2.11. The zero-order chi connectivity index (χ0) is 15.4. The number of hydrogen-bond donors (Lipinski definition) is 1. The van der Waals surface area contributed by atoms with Gasteiger partial charge in [0.2, 0.25) is 0 Å². The topological polar surface area (TPSA) is 60.5 Å². The molecular formula is C15H13N2O3PS. The van der Waals surface area contributed by atoms with Crippen molar-refractivity contribution < 1.29 is 14.1 Å². The van der Waals surface area contributed by atoms with Gasteiger partial charge < -0.3 is 9.26 Å². The van der Waals surface area contributed by atoms with Crippen LogP contribution in [0.25, 0.3) is 10.8 Å². The van der Waals surface area contributed by atoms with Crippen LogP contribution in [0.1, 0.15) is 5.01 Å². The number of carbonyl (C=O) groups excluding carboxylic acids is 1. The molecule has 0 saturated carbocycles. The zero-order valence-corrected chi connectivity index (χ0v) is 13.5. The number of aromatic nitrogens is 1.